The molecule has 4 rings (SSSR count). The number of nitrogens with one attached hydrogen (secondary N) is 1. The van der Waals surface area contributed by atoms with Crippen molar-refractivity contribution >= 4 is 17.6 Å². The van der Waals surface area contributed by atoms with E-state index in [1.165, 1.54) is 0 Å². The predicted molar refractivity (Wildman–Crippen MR) is 106 cm³/mol. The third-order valence-electron chi connectivity index (χ3n) is 4.68. The fourth-order valence-corrected chi connectivity index (χ4v) is 3.34. The molecule has 1 N–H and O–H groups in total. The van der Waals surface area contributed by atoms with Gasteiger partial charge in [-0.15, -0.1) is 5.10 Å². The van der Waals surface area contributed by atoms with Gasteiger partial charge in [0.1, 0.15) is 0 Å². The van der Waals surface area contributed by atoms with Gasteiger partial charge in [0.05, 0.1) is 12.2 Å². The van der Waals surface area contributed by atoms with Crippen molar-refractivity contribution in [1.82, 2.24) is 34.8 Å². The highest BCUT2D eigenvalue weighted by atomic mass is 16.2. The van der Waals surface area contributed by atoms with E-state index in [1.54, 1.807) is 23.1 Å². The van der Waals surface area contributed by atoms with E-state index in [1.807, 2.05) is 32.0 Å². The Morgan fingerprint density at radius 2 is 1.86 bits per heavy atom. The second kappa shape index (κ2) is 7.89. The van der Waals surface area contributed by atoms with Crippen molar-refractivity contribution in [3.05, 3.63) is 36.8 Å². The van der Waals surface area contributed by atoms with Crippen molar-refractivity contribution < 1.29 is 4.79 Å². The second-order valence-corrected chi connectivity index (χ2v) is 7.17. The van der Waals surface area contributed by atoms with Crippen molar-refractivity contribution in [1.29, 1.82) is 0 Å². The van der Waals surface area contributed by atoms with E-state index in [2.05, 4.69) is 35.2 Å². The van der Waals surface area contributed by atoms with Crippen LogP contribution < -0.4 is 10.2 Å². The summed E-state index contributed by atoms with van der Waals surface area (Å²) in [7, 11) is 0. The van der Waals surface area contributed by atoms with E-state index in [0.717, 1.165) is 37.4 Å². The van der Waals surface area contributed by atoms with Crippen molar-refractivity contribution in [3.63, 3.8) is 0 Å². The number of fused-ring (bicyclic) bond motifs is 1. The van der Waals surface area contributed by atoms with Crippen LogP contribution in [0.5, 0.6) is 0 Å². The molecule has 0 atom stereocenters. The maximum Gasteiger partial charge on any atom is 0.254 e. The Morgan fingerprint density at radius 1 is 1.11 bits per heavy atom. The van der Waals surface area contributed by atoms with E-state index in [9.17, 15) is 4.79 Å². The SMILES string of the molecule is CC(C)NC(=O)CN1CCN(c2nc3nccc(-c4ccncc4)n3n2)CC1. The summed E-state index contributed by atoms with van der Waals surface area (Å²) in [6.45, 7) is 7.51. The monoisotopic (exact) mass is 380 g/mol. The smallest absolute Gasteiger partial charge is 0.254 e. The fourth-order valence-electron chi connectivity index (χ4n) is 3.34. The number of piperazine rings is 1. The minimum Gasteiger partial charge on any atom is -0.353 e. The van der Waals surface area contributed by atoms with Crippen LogP contribution in [-0.2, 0) is 4.79 Å². The van der Waals surface area contributed by atoms with Gasteiger partial charge in [-0.2, -0.15) is 9.50 Å². The Hall–Kier alpha value is -3.07. The molecule has 4 heterocycles. The second-order valence-electron chi connectivity index (χ2n) is 7.17. The first-order valence-corrected chi connectivity index (χ1v) is 9.49. The molecule has 0 spiro atoms. The van der Waals surface area contributed by atoms with Gasteiger partial charge in [0.15, 0.2) is 0 Å². The van der Waals surface area contributed by atoms with Crippen LogP contribution >= 0.6 is 0 Å². The topological polar surface area (TPSA) is 91.5 Å². The first kappa shape index (κ1) is 18.3. The Kier molecular flexibility index (Phi) is 5.16. The molecule has 1 aliphatic heterocycles. The Labute approximate surface area is 163 Å². The Morgan fingerprint density at radius 3 is 2.57 bits per heavy atom. The summed E-state index contributed by atoms with van der Waals surface area (Å²) in [6.07, 6.45) is 5.26. The molecule has 0 bridgehead atoms. The molecular formula is C19H24N8O. The molecule has 0 saturated carbocycles. The van der Waals surface area contributed by atoms with Crippen LogP contribution in [0.15, 0.2) is 36.8 Å². The molecule has 3 aromatic rings. The van der Waals surface area contributed by atoms with Crippen LogP contribution in [0.4, 0.5) is 5.95 Å². The van der Waals surface area contributed by atoms with Crippen LogP contribution in [0.1, 0.15) is 13.8 Å². The van der Waals surface area contributed by atoms with Crippen LogP contribution in [0.25, 0.3) is 17.0 Å². The number of aromatic nitrogens is 5. The van der Waals surface area contributed by atoms with Crippen LogP contribution in [0, 0.1) is 0 Å². The summed E-state index contributed by atoms with van der Waals surface area (Å²) in [5.74, 6) is 1.31. The Balaban J connectivity index is 1.47. The molecule has 1 amide bonds. The zero-order valence-corrected chi connectivity index (χ0v) is 16.1. The first-order chi connectivity index (χ1) is 13.6. The summed E-state index contributed by atoms with van der Waals surface area (Å²) in [5.41, 5.74) is 1.94. The normalized spacial score (nSPS) is 15.3. The number of anilines is 1. The van der Waals surface area contributed by atoms with Gasteiger partial charge in [-0.1, -0.05) is 0 Å². The van der Waals surface area contributed by atoms with Gasteiger partial charge in [0.25, 0.3) is 5.78 Å². The summed E-state index contributed by atoms with van der Waals surface area (Å²) in [5, 5.41) is 7.63. The summed E-state index contributed by atoms with van der Waals surface area (Å²) in [6, 6.07) is 5.97. The molecule has 3 aromatic heterocycles. The number of hydrogen-bond acceptors (Lipinski definition) is 7. The molecule has 1 fully saturated rings. The maximum absolute atomic E-state index is 12.0. The number of rotatable bonds is 5. The van der Waals surface area contributed by atoms with E-state index < -0.39 is 0 Å². The number of pyridine rings is 1. The predicted octanol–water partition coefficient (Wildman–Crippen LogP) is 0.833. The van der Waals surface area contributed by atoms with Gasteiger partial charge >= 0.3 is 0 Å². The van der Waals surface area contributed by atoms with E-state index in [4.69, 9.17) is 0 Å². The number of amides is 1. The Bertz CT molecular complexity index is 947. The largest absolute Gasteiger partial charge is 0.353 e. The molecule has 9 heteroatoms. The van der Waals surface area contributed by atoms with Gasteiger partial charge in [-0.05, 0) is 32.0 Å². The van der Waals surface area contributed by atoms with Crippen molar-refractivity contribution in [3.8, 4) is 11.3 Å². The third kappa shape index (κ3) is 3.94. The van der Waals surface area contributed by atoms with E-state index >= 15 is 0 Å². The number of nitrogens with zero attached hydrogens (tertiary/aromatic N) is 7. The zero-order valence-electron chi connectivity index (χ0n) is 16.1. The summed E-state index contributed by atoms with van der Waals surface area (Å²) >= 11 is 0. The lowest BCUT2D eigenvalue weighted by molar-refractivity contribution is -0.122. The van der Waals surface area contributed by atoms with Gasteiger partial charge in [-0.25, -0.2) is 4.98 Å². The maximum atomic E-state index is 12.0. The van der Waals surface area contributed by atoms with Gasteiger partial charge in [-0.3, -0.25) is 14.7 Å². The minimum atomic E-state index is 0.0699. The molecule has 1 saturated heterocycles. The molecule has 146 valence electrons. The van der Waals surface area contributed by atoms with E-state index in [0.29, 0.717) is 18.3 Å². The minimum absolute atomic E-state index is 0.0699. The molecule has 0 aliphatic carbocycles. The summed E-state index contributed by atoms with van der Waals surface area (Å²) in [4.78, 5) is 29.3. The van der Waals surface area contributed by atoms with Gasteiger partial charge < -0.3 is 10.2 Å². The lowest BCUT2D eigenvalue weighted by atomic mass is 10.2. The quantitative estimate of drug-likeness (QED) is 0.701. The van der Waals surface area contributed by atoms with Crippen molar-refractivity contribution in [2.24, 2.45) is 0 Å². The molecule has 0 unspecified atom stereocenters. The third-order valence-corrected chi connectivity index (χ3v) is 4.68. The van der Waals surface area contributed by atoms with Crippen LogP contribution in [0.2, 0.25) is 0 Å². The molecule has 0 aromatic carbocycles. The lowest BCUT2D eigenvalue weighted by Crippen LogP contribution is -2.50. The molecule has 0 radical (unpaired) electrons. The molecule has 28 heavy (non-hydrogen) atoms. The standard InChI is InChI=1S/C19H24N8O/c1-14(2)22-17(28)13-25-9-11-26(12-10-25)19-23-18-21-8-5-16(27(18)24-19)15-3-6-20-7-4-15/h3-8,14H,9-13H2,1-2H3,(H,22,28). The highest BCUT2D eigenvalue weighted by Gasteiger charge is 2.22. The molecular weight excluding hydrogens is 356 g/mol. The lowest BCUT2D eigenvalue weighted by Gasteiger charge is -2.33. The first-order valence-electron chi connectivity index (χ1n) is 9.49. The van der Waals surface area contributed by atoms with Gasteiger partial charge in [0, 0.05) is 56.4 Å². The fraction of sp³-hybridized carbons (Fsp3) is 0.421. The van der Waals surface area contributed by atoms with E-state index in [-0.39, 0.29) is 11.9 Å². The number of hydrogen-bond donors (Lipinski definition) is 1. The average Bonchev–Trinajstić information content (AvgIpc) is 3.13. The van der Waals surface area contributed by atoms with Crippen LogP contribution in [0.3, 0.4) is 0 Å². The average molecular weight is 380 g/mol. The van der Waals surface area contributed by atoms with Gasteiger partial charge in [0.2, 0.25) is 11.9 Å². The summed E-state index contributed by atoms with van der Waals surface area (Å²) < 4.78 is 1.77. The van der Waals surface area contributed by atoms with Crippen LogP contribution in [-0.4, -0.2) is 74.1 Å². The number of carbonyl (C=O) groups excluding carboxylic acids is 1. The highest BCUT2D eigenvalue weighted by Crippen LogP contribution is 2.20. The van der Waals surface area contributed by atoms with Crippen molar-refractivity contribution in [2.45, 2.75) is 19.9 Å². The number of carbonyl (C=O) groups is 1. The van der Waals surface area contributed by atoms with Crippen molar-refractivity contribution in [2.75, 3.05) is 37.6 Å². The zero-order chi connectivity index (χ0) is 19.5. The molecule has 1 aliphatic rings. The molecule has 9 nitrogen and oxygen atoms in total. The highest BCUT2D eigenvalue weighted by molar-refractivity contribution is 5.78.